The standard InChI is InChI=1S/C31H63ClO13/c1-3-31(2)30-45-29-28-44-27-26-43-25-24-42-23-22-41-21-20-40-19-18-39-17-16-38-15-14-37-13-12-36-11-10-35-9-8-34-7-6-33-5-4-32/h31H,3-30H2,1-2H3. The van der Waals surface area contributed by atoms with Crippen molar-refractivity contribution in [2.24, 2.45) is 5.92 Å². The third kappa shape index (κ3) is 41.7. The van der Waals surface area contributed by atoms with Crippen molar-refractivity contribution < 1.29 is 61.6 Å². The maximum Gasteiger partial charge on any atom is 0.0701 e. The molecule has 0 aliphatic heterocycles. The van der Waals surface area contributed by atoms with Gasteiger partial charge >= 0.3 is 0 Å². The van der Waals surface area contributed by atoms with Gasteiger partial charge in [-0.15, -0.1) is 11.6 Å². The Hall–Kier alpha value is -0.230. The van der Waals surface area contributed by atoms with Gasteiger partial charge in [-0.1, -0.05) is 20.3 Å². The summed E-state index contributed by atoms with van der Waals surface area (Å²) in [5.74, 6) is 1.09. The minimum atomic E-state index is 0.498. The van der Waals surface area contributed by atoms with E-state index in [2.05, 4.69) is 13.8 Å². The average molecular weight is 679 g/mol. The van der Waals surface area contributed by atoms with Crippen molar-refractivity contribution in [1.29, 1.82) is 0 Å². The van der Waals surface area contributed by atoms with Gasteiger partial charge in [0.15, 0.2) is 0 Å². The molecule has 0 rings (SSSR count). The highest BCUT2D eigenvalue weighted by Gasteiger charge is 1.99. The molecule has 0 saturated heterocycles. The van der Waals surface area contributed by atoms with Crippen LogP contribution in [0, 0.1) is 5.92 Å². The van der Waals surface area contributed by atoms with E-state index >= 15 is 0 Å². The Balaban J connectivity index is 3.04. The lowest BCUT2D eigenvalue weighted by molar-refractivity contribution is -0.0291. The Morgan fingerprint density at radius 3 is 0.667 bits per heavy atom. The first-order valence-corrected chi connectivity index (χ1v) is 16.9. The lowest BCUT2D eigenvalue weighted by atomic mass is 10.1. The number of ether oxygens (including phenoxy) is 13. The molecule has 0 amide bonds. The highest BCUT2D eigenvalue weighted by atomic mass is 35.5. The van der Waals surface area contributed by atoms with Crippen molar-refractivity contribution in [3.63, 3.8) is 0 Å². The molecule has 0 bridgehead atoms. The Bertz CT molecular complexity index is 526. The maximum absolute atomic E-state index is 5.53. The van der Waals surface area contributed by atoms with E-state index < -0.39 is 0 Å². The number of hydrogen-bond acceptors (Lipinski definition) is 13. The van der Waals surface area contributed by atoms with Crippen LogP contribution in [0.2, 0.25) is 0 Å². The zero-order valence-corrected chi connectivity index (χ0v) is 28.8. The van der Waals surface area contributed by atoms with Crippen LogP contribution in [0.3, 0.4) is 0 Å². The Kier molecular flexibility index (Phi) is 41.6. The van der Waals surface area contributed by atoms with Crippen molar-refractivity contribution in [3.05, 3.63) is 0 Å². The lowest BCUT2D eigenvalue weighted by Gasteiger charge is -2.10. The van der Waals surface area contributed by atoms with Gasteiger partial charge < -0.3 is 61.6 Å². The van der Waals surface area contributed by atoms with Gasteiger partial charge in [-0.3, -0.25) is 0 Å². The van der Waals surface area contributed by atoms with E-state index in [0.29, 0.717) is 177 Å². The van der Waals surface area contributed by atoms with Crippen LogP contribution in [0.5, 0.6) is 0 Å². The third-order valence-electron chi connectivity index (χ3n) is 5.78. The zero-order valence-electron chi connectivity index (χ0n) is 28.1. The zero-order chi connectivity index (χ0) is 32.6. The summed E-state index contributed by atoms with van der Waals surface area (Å²) >= 11 is 5.51. The van der Waals surface area contributed by atoms with Crippen LogP contribution in [0.25, 0.3) is 0 Å². The fourth-order valence-corrected chi connectivity index (χ4v) is 3.20. The molecule has 272 valence electrons. The summed E-state index contributed by atoms with van der Waals surface area (Å²) in [6.07, 6.45) is 1.13. The van der Waals surface area contributed by atoms with Crippen LogP contribution >= 0.6 is 11.6 Å². The van der Waals surface area contributed by atoms with Gasteiger partial charge in [-0.25, -0.2) is 0 Å². The smallest absolute Gasteiger partial charge is 0.0701 e. The third-order valence-corrected chi connectivity index (χ3v) is 5.94. The minimum Gasteiger partial charge on any atom is -0.379 e. The summed E-state index contributed by atoms with van der Waals surface area (Å²) in [6, 6.07) is 0. The number of rotatable bonds is 41. The predicted molar refractivity (Wildman–Crippen MR) is 171 cm³/mol. The molecule has 1 atom stereocenters. The van der Waals surface area contributed by atoms with Gasteiger partial charge in [0, 0.05) is 12.5 Å². The number of hydrogen-bond donors (Lipinski definition) is 0. The average Bonchev–Trinajstić information content (AvgIpc) is 3.05. The molecule has 1 unspecified atom stereocenters. The monoisotopic (exact) mass is 678 g/mol. The molecule has 0 saturated carbocycles. The number of halogens is 1. The second-order valence-corrected chi connectivity index (χ2v) is 10.0. The minimum absolute atomic E-state index is 0.498. The Morgan fingerprint density at radius 2 is 0.489 bits per heavy atom. The second kappa shape index (κ2) is 41.8. The molecule has 0 aromatic rings. The summed E-state index contributed by atoms with van der Waals surface area (Å²) in [4.78, 5) is 0. The Morgan fingerprint density at radius 1 is 0.311 bits per heavy atom. The van der Waals surface area contributed by atoms with Crippen molar-refractivity contribution in [2.75, 3.05) is 178 Å². The van der Waals surface area contributed by atoms with Crippen molar-refractivity contribution in [1.82, 2.24) is 0 Å². The molecule has 0 radical (unpaired) electrons. The van der Waals surface area contributed by atoms with Gasteiger partial charge in [0.2, 0.25) is 0 Å². The van der Waals surface area contributed by atoms with E-state index in [9.17, 15) is 0 Å². The predicted octanol–water partition coefficient (Wildman–Crippen LogP) is 2.49. The lowest BCUT2D eigenvalue weighted by Crippen LogP contribution is -2.15. The molecule has 0 aromatic carbocycles. The van der Waals surface area contributed by atoms with Crippen LogP contribution < -0.4 is 0 Å². The topological polar surface area (TPSA) is 120 Å². The molecule has 0 spiro atoms. The van der Waals surface area contributed by atoms with Crippen molar-refractivity contribution in [2.45, 2.75) is 20.3 Å². The number of alkyl halides is 1. The summed E-state index contributed by atoms with van der Waals surface area (Å²) < 4.78 is 70.8. The largest absolute Gasteiger partial charge is 0.379 e. The molecule has 45 heavy (non-hydrogen) atoms. The molecule has 14 heteroatoms. The van der Waals surface area contributed by atoms with E-state index in [1.54, 1.807) is 0 Å². The van der Waals surface area contributed by atoms with E-state index in [0.717, 1.165) is 13.0 Å². The van der Waals surface area contributed by atoms with Crippen LogP contribution in [0.1, 0.15) is 20.3 Å². The molecular weight excluding hydrogens is 616 g/mol. The first kappa shape index (κ1) is 44.8. The van der Waals surface area contributed by atoms with Gasteiger partial charge in [-0.2, -0.15) is 0 Å². The molecule has 0 N–H and O–H groups in total. The van der Waals surface area contributed by atoms with Crippen LogP contribution in [-0.4, -0.2) is 178 Å². The fourth-order valence-electron chi connectivity index (χ4n) is 3.10. The summed E-state index contributed by atoms with van der Waals surface area (Å²) in [6.45, 7) is 18.4. The first-order valence-electron chi connectivity index (χ1n) is 16.4. The van der Waals surface area contributed by atoms with Gasteiger partial charge in [0.25, 0.3) is 0 Å². The molecular formula is C31H63ClO13. The van der Waals surface area contributed by atoms with E-state index in [1.165, 1.54) is 0 Å². The van der Waals surface area contributed by atoms with Crippen LogP contribution in [0.4, 0.5) is 0 Å². The molecule has 0 heterocycles. The van der Waals surface area contributed by atoms with Crippen molar-refractivity contribution in [3.8, 4) is 0 Å². The van der Waals surface area contributed by atoms with E-state index in [4.69, 9.17) is 73.2 Å². The maximum atomic E-state index is 5.53. The Labute approximate surface area is 276 Å². The summed E-state index contributed by atoms with van der Waals surface area (Å²) in [7, 11) is 0. The van der Waals surface area contributed by atoms with Gasteiger partial charge in [-0.05, 0) is 5.92 Å². The van der Waals surface area contributed by atoms with Crippen LogP contribution in [-0.2, 0) is 61.6 Å². The highest BCUT2D eigenvalue weighted by molar-refractivity contribution is 6.17. The quantitative estimate of drug-likeness (QED) is 0.0697. The highest BCUT2D eigenvalue weighted by Crippen LogP contribution is 2.00. The van der Waals surface area contributed by atoms with Gasteiger partial charge in [0.1, 0.15) is 0 Å². The summed E-state index contributed by atoms with van der Waals surface area (Å²) in [5, 5.41) is 0. The molecule has 0 aliphatic carbocycles. The molecule has 0 aliphatic rings. The SMILES string of the molecule is CCC(C)COCCOCCOCCOCCOCCOCCOCCOCCOCCOCCOCCOCCOCCCl. The van der Waals surface area contributed by atoms with E-state index in [-0.39, 0.29) is 0 Å². The second-order valence-electron chi connectivity index (χ2n) is 9.63. The van der Waals surface area contributed by atoms with E-state index in [1.807, 2.05) is 0 Å². The normalized spacial score (nSPS) is 12.3. The fraction of sp³-hybridized carbons (Fsp3) is 1.00. The van der Waals surface area contributed by atoms with Crippen molar-refractivity contribution >= 4 is 11.6 Å². The first-order chi connectivity index (χ1) is 22.3. The molecule has 0 aromatic heterocycles. The summed E-state index contributed by atoms with van der Waals surface area (Å²) in [5.41, 5.74) is 0. The van der Waals surface area contributed by atoms with Crippen LogP contribution in [0.15, 0.2) is 0 Å². The van der Waals surface area contributed by atoms with Gasteiger partial charge in [0.05, 0.1) is 165 Å². The molecule has 0 fully saturated rings. The molecule has 13 nitrogen and oxygen atoms in total.